The second-order valence-electron chi connectivity index (χ2n) is 5.68. The molecule has 134 valence electrons. The lowest BCUT2D eigenvalue weighted by atomic mass is 10.1. The van der Waals surface area contributed by atoms with E-state index < -0.39 is 13.0 Å². The molecule has 4 nitrogen and oxygen atoms in total. The molecule has 1 atom stereocenters. The van der Waals surface area contributed by atoms with E-state index in [0.29, 0.717) is 12.8 Å². The molecular weight excluding hydrogens is 328 g/mol. The van der Waals surface area contributed by atoms with Crippen molar-refractivity contribution in [3.05, 3.63) is 35.9 Å². The third-order valence-electron chi connectivity index (χ3n) is 3.70. The van der Waals surface area contributed by atoms with Crippen LogP contribution in [0.5, 0.6) is 0 Å². The summed E-state index contributed by atoms with van der Waals surface area (Å²) in [6.07, 6.45) is 4.98. The van der Waals surface area contributed by atoms with Crippen LogP contribution in [0.3, 0.4) is 0 Å². The van der Waals surface area contributed by atoms with Gasteiger partial charge < -0.3 is 9.05 Å². The average Bonchev–Trinajstić information content (AvgIpc) is 2.62. The van der Waals surface area contributed by atoms with Crippen molar-refractivity contribution in [1.82, 2.24) is 0 Å². The highest BCUT2D eigenvalue weighted by Crippen LogP contribution is 2.65. The van der Waals surface area contributed by atoms with Crippen molar-refractivity contribution >= 4 is 7.60 Å². The van der Waals surface area contributed by atoms with E-state index in [2.05, 4.69) is 0 Å². The largest absolute Gasteiger partial charge is 0.386 e. The Kier molecular flexibility index (Phi) is 9.21. The SMILES string of the molecule is CCCCCOP(=O)(OCCCCC)C(F)(C#N)c1ccccc1. The van der Waals surface area contributed by atoms with Crippen LogP contribution in [0.25, 0.3) is 0 Å². The van der Waals surface area contributed by atoms with Gasteiger partial charge in [-0.1, -0.05) is 69.9 Å². The number of hydrogen-bond donors (Lipinski definition) is 0. The minimum Gasteiger partial charge on any atom is -0.305 e. The molecule has 0 aromatic heterocycles. The number of nitriles is 1. The van der Waals surface area contributed by atoms with Crippen LogP contribution in [0.15, 0.2) is 30.3 Å². The first-order chi connectivity index (χ1) is 11.5. The van der Waals surface area contributed by atoms with Gasteiger partial charge in [0.05, 0.1) is 13.2 Å². The second-order valence-corrected chi connectivity index (χ2v) is 7.81. The zero-order valence-corrected chi connectivity index (χ0v) is 15.4. The summed E-state index contributed by atoms with van der Waals surface area (Å²) >= 11 is 0. The molecule has 0 aliphatic rings. The van der Waals surface area contributed by atoms with Gasteiger partial charge in [0.25, 0.3) is 0 Å². The van der Waals surface area contributed by atoms with Gasteiger partial charge in [0.1, 0.15) is 6.07 Å². The first-order valence-corrected chi connectivity index (χ1v) is 10.1. The molecule has 0 N–H and O–H groups in total. The Morgan fingerprint density at radius 1 is 1.04 bits per heavy atom. The fourth-order valence-electron chi connectivity index (χ4n) is 2.23. The molecule has 0 aliphatic heterocycles. The molecule has 0 radical (unpaired) electrons. The van der Waals surface area contributed by atoms with Crippen LogP contribution in [-0.4, -0.2) is 13.2 Å². The van der Waals surface area contributed by atoms with E-state index in [1.165, 1.54) is 18.2 Å². The van der Waals surface area contributed by atoms with Gasteiger partial charge in [0, 0.05) is 5.56 Å². The lowest BCUT2D eigenvalue weighted by Gasteiger charge is -2.27. The van der Waals surface area contributed by atoms with Crippen molar-refractivity contribution in [2.45, 2.75) is 57.8 Å². The maximum atomic E-state index is 15.4. The molecule has 1 rings (SSSR count). The summed E-state index contributed by atoms with van der Waals surface area (Å²) in [6.45, 7) is 4.28. The maximum absolute atomic E-state index is 15.4. The molecule has 1 aromatic carbocycles. The Hall–Kier alpha value is -1.21. The zero-order chi connectivity index (χ0) is 17.9. The van der Waals surface area contributed by atoms with E-state index >= 15 is 4.39 Å². The Morgan fingerprint density at radius 3 is 1.96 bits per heavy atom. The highest BCUT2D eigenvalue weighted by Gasteiger charge is 2.54. The van der Waals surface area contributed by atoms with E-state index in [-0.39, 0.29) is 18.8 Å². The van der Waals surface area contributed by atoms with Crippen molar-refractivity contribution in [3.8, 4) is 6.07 Å². The van der Waals surface area contributed by atoms with E-state index in [1.54, 1.807) is 18.2 Å². The van der Waals surface area contributed by atoms with E-state index in [4.69, 9.17) is 9.05 Å². The molecular formula is C18H27FNO3P. The van der Waals surface area contributed by atoms with Crippen LogP contribution in [0.4, 0.5) is 4.39 Å². The van der Waals surface area contributed by atoms with Crippen LogP contribution >= 0.6 is 7.60 Å². The monoisotopic (exact) mass is 355 g/mol. The van der Waals surface area contributed by atoms with E-state index in [0.717, 1.165) is 25.7 Å². The Morgan fingerprint density at radius 2 is 1.54 bits per heavy atom. The maximum Gasteiger partial charge on any atom is 0.386 e. The van der Waals surface area contributed by atoms with Gasteiger partial charge in [-0.25, -0.2) is 4.39 Å². The first-order valence-electron chi connectivity index (χ1n) is 8.59. The molecule has 0 bridgehead atoms. The molecule has 1 unspecified atom stereocenters. The predicted octanol–water partition coefficient (Wildman–Crippen LogP) is 5.94. The summed E-state index contributed by atoms with van der Waals surface area (Å²) in [4.78, 5) is 0. The second kappa shape index (κ2) is 10.6. The summed E-state index contributed by atoms with van der Waals surface area (Å²) in [5.74, 6) is 0. The van der Waals surface area contributed by atoms with Gasteiger partial charge in [0.15, 0.2) is 0 Å². The van der Waals surface area contributed by atoms with Crippen LogP contribution in [0.2, 0.25) is 0 Å². The topological polar surface area (TPSA) is 59.3 Å². The number of unbranched alkanes of at least 4 members (excludes halogenated alkanes) is 4. The van der Waals surface area contributed by atoms with Crippen LogP contribution in [-0.2, 0) is 19.0 Å². The van der Waals surface area contributed by atoms with Crippen molar-refractivity contribution in [2.24, 2.45) is 0 Å². The summed E-state index contributed by atoms with van der Waals surface area (Å²) < 4.78 is 39.3. The first kappa shape index (κ1) is 20.8. The number of rotatable bonds is 12. The number of alkyl halides is 1. The number of hydrogen-bond acceptors (Lipinski definition) is 4. The van der Waals surface area contributed by atoms with Gasteiger partial charge >= 0.3 is 13.0 Å². The van der Waals surface area contributed by atoms with Crippen molar-refractivity contribution in [3.63, 3.8) is 0 Å². The smallest absolute Gasteiger partial charge is 0.305 e. The molecule has 0 saturated carbocycles. The van der Waals surface area contributed by atoms with Gasteiger partial charge in [-0.05, 0) is 12.8 Å². The molecule has 0 saturated heterocycles. The molecule has 0 spiro atoms. The molecule has 1 aromatic rings. The lowest BCUT2D eigenvalue weighted by molar-refractivity contribution is 0.153. The lowest BCUT2D eigenvalue weighted by Crippen LogP contribution is -2.22. The molecule has 0 heterocycles. The average molecular weight is 355 g/mol. The fraction of sp³-hybridized carbons (Fsp3) is 0.611. The number of benzene rings is 1. The Balaban J connectivity index is 2.99. The van der Waals surface area contributed by atoms with E-state index in [1.807, 2.05) is 13.8 Å². The van der Waals surface area contributed by atoms with Crippen LogP contribution in [0, 0.1) is 11.3 Å². The molecule has 0 aliphatic carbocycles. The highest BCUT2D eigenvalue weighted by atomic mass is 31.2. The van der Waals surface area contributed by atoms with Crippen LogP contribution in [0.1, 0.15) is 57.9 Å². The quantitative estimate of drug-likeness (QED) is 0.344. The molecule has 0 amide bonds. The molecule has 6 heteroatoms. The highest BCUT2D eigenvalue weighted by molar-refractivity contribution is 7.55. The summed E-state index contributed by atoms with van der Waals surface area (Å²) in [6, 6.07) is 9.30. The molecule has 0 fully saturated rings. The van der Waals surface area contributed by atoms with Gasteiger partial charge in [-0.2, -0.15) is 5.26 Å². The zero-order valence-electron chi connectivity index (χ0n) is 14.5. The van der Waals surface area contributed by atoms with E-state index in [9.17, 15) is 9.83 Å². The summed E-state index contributed by atoms with van der Waals surface area (Å²) in [5.41, 5.74) is 0.00168. The van der Waals surface area contributed by atoms with Crippen molar-refractivity contribution in [1.29, 1.82) is 5.26 Å². The number of nitrogens with zero attached hydrogens (tertiary/aromatic N) is 1. The minimum absolute atomic E-state index is 0.00168. The summed E-state index contributed by atoms with van der Waals surface area (Å²) in [7, 11) is -4.27. The van der Waals surface area contributed by atoms with Gasteiger partial charge in [0.2, 0.25) is 0 Å². The van der Waals surface area contributed by atoms with Crippen molar-refractivity contribution in [2.75, 3.05) is 13.2 Å². The van der Waals surface area contributed by atoms with Gasteiger partial charge in [-0.15, -0.1) is 0 Å². The third kappa shape index (κ3) is 5.41. The van der Waals surface area contributed by atoms with Crippen molar-refractivity contribution < 1.29 is 18.0 Å². The van der Waals surface area contributed by atoms with Crippen LogP contribution < -0.4 is 0 Å². The predicted molar refractivity (Wildman–Crippen MR) is 93.4 cm³/mol. The Labute approximate surface area is 144 Å². The third-order valence-corrected chi connectivity index (χ3v) is 5.86. The standard InChI is InChI=1S/C18H27FNO3P/c1-3-5-10-14-22-24(21,23-15-11-6-4-2)18(19,16-20)17-12-8-7-9-13-17/h7-9,12-13H,3-6,10-11,14-15H2,1-2H3. The normalized spacial score (nSPS) is 14.1. The molecule has 24 heavy (non-hydrogen) atoms. The number of halogens is 1. The van der Waals surface area contributed by atoms with Gasteiger partial charge in [-0.3, -0.25) is 4.57 Å². The summed E-state index contributed by atoms with van der Waals surface area (Å²) in [5, 5.41) is 6.62. The Bertz CT molecular complexity index is 545. The minimum atomic E-state index is -4.27. The fourth-order valence-corrected chi connectivity index (χ4v) is 3.99.